The van der Waals surface area contributed by atoms with Crippen molar-refractivity contribution >= 4 is 0 Å². The predicted octanol–water partition coefficient (Wildman–Crippen LogP) is 4.35. The molecule has 20 heavy (non-hydrogen) atoms. The first-order valence-electron chi connectivity index (χ1n) is 8.35. The van der Waals surface area contributed by atoms with Gasteiger partial charge in [-0.15, -0.1) is 0 Å². The van der Waals surface area contributed by atoms with Gasteiger partial charge in [0.15, 0.2) is 0 Å². The van der Waals surface area contributed by atoms with E-state index < -0.39 is 0 Å². The molecule has 0 bridgehead atoms. The van der Waals surface area contributed by atoms with Crippen LogP contribution in [0.4, 0.5) is 0 Å². The maximum atomic E-state index is 3.98. The molecule has 3 unspecified atom stereocenters. The Kier molecular flexibility index (Phi) is 3.90. The first kappa shape index (κ1) is 14.1. The van der Waals surface area contributed by atoms with Gasteiger partial charge in [-0.3, -0.25) is 0 Å². The van der Waals surface area contributed by atoms with Crippen molar-refractivity contribution in [1.29, 1.82) is 0 Å². The van der Waals surface area contributed by atoms with Gasteiger partial charge in [0.2, 0.25) is 0 Å². The summed E-state index contributed by atoms with van der Waals surface area (Å²) in [7, 11) is 0. The molecule has 0 heterocycles. The van der Waals surface area contributed by atoms with Crippen LogP contribution >= 0.6 is 0 Å². The van der Waals surface area contributed by atoms with Crippen LogP contribution in [0.15, 0.2) is 24.3 Å². The summed E-state index contributed by atoms with van der Waals surface area (Å²) in [5.41, 5.74) is 3.66. The summed E-state index contributed by atoms with van der Waals surface area (Å²) in [5, 5.41) is 3.98. The zero-order valence-electron chi connectivity index (χ0n) is 13.3. The molecule has 0 radical (unpaired) electrons. The highest BCUT2D eigenvalue weighted by atomic mass is 15.0. The van der Waals surface area contributed by atoms with E-state index in [0.29, 0.717) is 11.5 Å². The second kappa shape index (κ2) is 5.52. The van der Waals surface area contributed by atoms with Crippen LogP contribution in [0.5, 0.6) is 0 Å². The van der Waals surface area contributed by atoms with Crippen molar-refractivity contribution in [3.63, 3.8) is 0 Å². The molecule has 1 aromatic rings. The van der Waals surface area contributed by atoms with Gasteiger partial charge < -0.3 is 5.32 Å². The van der Waals surface area contributed by atoms with Gasteiger partial charge >= 0.3 is 0 Å². The second-order valence-electron chi connectivity index (χ2n) is 7.99. The van der Waals surface area contributed by atoms with Gasteiger partial charge in [0.25, 0.3) is 0 Å². The topological polar surface area (TPSA) is 12.0 Å². The van der Waals surface area contributed by atoms with Crippen LogP contribution < -0.4 is 5.32 Å². The number of hydrogen-bond donors (Lipinski definition) is 1. The van der Waals surface area contributed by atoms with E-state index in [2.05, 4.69) is 50.4 Å². The Labute approximate surface area is 124 Å². The number of benzene rings is 1. The van der Waals surface area contributed by atoms with Crippen LogP contribution in [0.3, 0.4) is 0 Å². The molecule has 1 aromatic carbocycles. The minimum absolute atomic E-state index is 0.516. The van der Waals surface area contributed by atoms with E-state index >= 15 is 0 Å². The van der Waals surface area contributed by atoms with E-state index in [1.54, 1.807) is 11.1 Å². The number of rotatable bonds is 2. The van der Waals surface area contributed by atoms with Crippen LogP contribution in [-0.2, 0) is 12.8 Å². The van der Waals surface area contributed by atoms with Crippen LogP contribution in [0.25, 0.3) is 0 Å². The fourth-order valence-corrected chi connectivity index (χ4v) is 4.65. The van der Waals surface area contributed by atoms with Gasteiger partial charge in [0.05, 0.1) is 0 Å². The number of fused-ring (bicyclic) bond motifs is 1. The van der Waals surface area contributed by atoms with Gasteiger partial charge in [0.1, 0.15) is 0 Å². The van der Waals surface area contributed by atoms with Crippen LogP contribution in [0.2, 0.25) is 0 Å². The highest BCUT2D eigenvalue weighted by Gasteiger charge is 2.33. The molecule has 110 valence electrons. The third kappa shape index (κ3) is 3.25. The average molecular weight is 271 g/mol. The molecule has 3 rings (SSSR count). The lowest BCUT2D eigenvalue weighted by Gasteiger charge is -2.41. The molecule has 2 aliphatic carbocycles. The molecule has 0 saturated heterocycles. The van der Waals surface area contributed by atoms with Crippen molar-refractivity contribution in [1.82, 2.24) is 5.32 Å². The van der Waals surface area contributed by atoms with Gasteiger partial charge in [-0.2, -0.15) is 0 Å². The third-order valence-corrected chi connectivity index (χ3v) is 5.21. The minimum Gasteiger partial charge on any atom is -0.311 e. The van der Waals surface area contributed by atoms with Crippen molar-refractivity contribution in [2.75, 3.05) is 0 Å². The van der Waals surface area contributed by atoms with E-state index in [-0.39, 0.29) is 0 Å². The lowest BCUT2D eigenvalue weighted by molar-refractivity contribution is 0.142. The van der Waals surface area contributed by atoms with Crippen LogP contribution in [-0.4, -0.2) is 12.1 Å². The fourth-order valence-electron chi connectivity index (χ4n) is 4.65. The van der Waals surface area contributed by atoms with E-state index in [4.69, 9.17) is 0 Å². The van der Waals surface area contributed by atoms with E-state index in [0.717, 1.165) is 12.0 Å². The molecule has 1 N–H and O–H groups in total. The van der Waals surface area contributed by atoms with Crippen LogP contribution in [0, 0.1) is 11.3 Å². The molecule has 1 heteroatoms. The smallest absolute Gasteiger partial charge is 0.0113 e. The van der Waals surface area contributed by atoms with E-state index in [1.807, 2.05) is 0 Å². The standard InChI is InChI=1S/C19H29N/c1-14-10-18(13-19(2,3)12-14)20-17-9-8-15-6-4-5-7-16(15)11-17/h4-7,14,17-18,20H,8-13H2,1-3H3. The summed E-state index contributed by atoms with van der Waals surface area (Å²) in [6, 6.07) is 10.4. The van der Waals surface area contributed by atoms with Crippen molar-refractivity contribution in [2.24, 2.45) is 11.3 Å². The Hall–Kier alpha value is -0.820. The molecule has 0 amide bonds. The molecule has 2 aliphatic rings. The Bertz CT molecular complexity index is 463. The van der Waals surface area contributed by atoms with E-state index in [9.17, 15) is 0 Å². The highest BCUT2D eigenvalue weighted by Crippen LogP contribution is 2.39. The van der Waals surface area contributed by atoms with Crippen molar-refractivity contribution in [2.45, 2.75) is 71.4 Å². The molecule has 0 spiro atoms. The first-order valence-corrected chi connectivity index (χ1v) is 8.35. The number of hydrogen-bond acceptors (Lipinski definition) is 1. The summed E-state index contributed by atoms with van der Waals surface area (Å²) < 4.78 is 0. The fraction of sp³-hybridized carbons (Fsp3) is 0.684. The van der Waals surface area contributed by atoms with Crippen LogP contribution in [0.1, 0.15) is 57.6 Å². The minimum atomic E-state index is 0.516. The summed E-state index contributed by atoms with van der Waals surface area (Å²) in [6.07, 6.45) is 7.87. The predicted molar refractivity (Wildman–Crippen MR) is 86.0 cm³/mol. The normalized spacial score (nSPS) is 32.6. The van der Waals surface area contributed by atoms with E-state index in [1.165, 1.54) is 38.5 Å². The summed E-state index contributed by atoms with van der Waals surface area (Å²) in [5.74, 6) is 0.868. The summed E-state index contributed by atoms with van der Waals surface area (Å²) in [4.78, 5) is 0. The molecule has 1 nitrogen and oxygen atoms in total. The number of aryl methyl sites for hydroxylation is 1. The Morgan fingerprint density at radius 3 is 2.55 bits per heavy atom. The first-order chi connectivity index (χ1) is 9.52. The molecule has 0 aliphatic heterocycles. The van der Waals surface area contributed by atoms with Gasteiger partial charge in [-0.1, -0.05) is 45.0 Å². The van der Waals surface area contributed by atoms with Crippen molar-refractivity contribution in [3.05, 3.63) is 35.4 Å². The monoisotopic (exact) mass is 271 g/mol. The molecule has 1 saturated carbocycles. The molecule has 0 aromatic heterocycles. The molecular weight excluding hydrogens is 242 g/mol. The van der Waals surface area contributed by atoms with Gasteiger partial charge in [-0.05, 0) is 61.0 Å². The molecule has 3 atom stereocenters. The summed E-state index contributed by atoms with van der Waals surface area (Å²) >= 11 is 0. The zero-order chi connectivity index (χ0) is 14.2. The summed E-state index contributed by atoms with van der Waals surface area (Å²) in [6.45, 7) is 7.30. The maximum Gasteiger partial charge on any atom is 0.0113 e. The van der Waals surface area contributed by atoms with Gasteiger partial charge in [-0.25, -0.2) is 0 Å². The largest absolute Gasteiger partial charge is 0.311 e. The Morgan fingerprint density at radius 1 is 1.05 bits per heavy atom. The molecule has 1 fully saturated rings. The average Bonchev–Trinajstić information content (AvgIpc) is 2.36. The third-order valence-electron chi connectivity index (χ3n) is 5.21. The second-order valence-corrected chi connectivity index (χ2v) is 7.99. The van der Waals surface area contributed by atoms with Crippen molar-refractivity contribution < 1.29 is 0 Å². The van der Waals surface area contributed by atoms with Crippen molar-refractivity contribution in [3.8, 4) is 0 Å². The SMILES string of the molecule is CC1CC(NC2CCc3ccccc3C2)CC(C)(C)C1. The quantitative estimate of drug-likeness (QED) is 0.843. The maximum absolute atomic E-state index is 3.98. The molecular formula is C19H29N. The Balaban J connectivity index is 1.62. The highest BCUT2D eigenvalue weighted by molar-refractivity contribution is 5.30. The Morgan fingerprint density at radius 2 is 1.80 bits per heavy atom. The number of nitrogens with one attached hydrogen (secondary N) is 1. The van der Waals surface area contributed by atoms with Gasteiger partial charge in [0, 0.05) is 12.1 Å². The lowest BCUT2D eigenvalue weighted by Crippen LogP contribution is -2.46. The lowest BCUT2D eigenvalue weighted by atomic mass is 9.70. The zero-order valence-corrected chi connectivity index (χ0v) is 13.3.